The van der Waals surface area contributed by atoms with Crippen molar-refractivity contribution in [3.63, 3.8) is 0 Å². The van der Waals surface area contributed by atoms with E-state index in [9.17, 15) is 4.39 Å². The van der Waals surface area contributed by atoms with Gasteiger partial charge in [-0.1, -0.05) is 12.1 Å². The molecule has 1 aliphatic heterocycles. The summed E-state index contributed by atoms with van der Waals surface area (Å²) in [6.45, 7) is 1.67. The first kappa shape index (κ1) is 10.2. The second-order valence-corrected chi connectivity index (χ2v) is 4.84. The summed E-state index contributed by atoms with van der Waals surface area (Å²) in [4.78, 5) is 0. The van der Waals surface area contributed by atoms with Gasteiger partial charge in [-0.25, -0.2) is 4.39 Å². The van der Waals surface area contributed by atoms with Crippen LogP contribution in [0, 0.1) is 5.82 Å². The molecule has 0 spiro atoms. The predicted octanol–water partition coefficient (Wildman–Crippen LogP) is 1.59. The van der Waals surface area contributed by atoms with E-state index in [1.165, 1.54) is 18.4 Å². The summed E-state index contributed by atoms with van der Waals surface area (Å²) in [5.41, 5.74) is 2.02. The van der Waals surface area contributed by atoms with Gasteiger partial charge < -0.3 is 10.6 Å². The summed E-state index contributed by atoms with van der Waals surface area (Å²) in [5, 5.41) is 6.91. The molecule has 1 fully saturated rings. The Morgan fingerprint density at radius 3 is 3.06 bits per heavy atom. The molecule has 2 nitrogen and oxygen atoms in total. The molecule has 16 heavy (non-hydrogen) atoms. The fraction of sp³-hybridized carbons (Fsp3) is 0.538. The molecule has 1 heterocycles. The minimum atomic E-state index is -0.0707. The lowest BCUT2D eigenvalue weighted by molar-refractivity contribution is 0.435. The van der Waals surface area contributed by atoms with E-state index in [0.717, 1.165) is 24.6 Å². The Morgan fingerprint density at radius 2 is 2.25 bits per heavy atom. The molecule has 3 rings (SSSR count). The van der Waals surface area contributed by atoms with Crippen molar-refractivity contribution in [3.8, 4) is 0 Å². The van der Waals surface area contributed by atoms with E-state index in [1.54, 1.807) is 6.07 Å². The van der Waals surface area contributed by atoms with Crippen LogP contribution in [-0.2, 0) is 13.0 Å². The summed E-state index contributed by atoms with van der Waals surface area (Å²) in [6.07, 6.45) is 3.57. The first-order valence-electron chi connectivity index (χ1n) is 6.06. The number of rotatable bonds is 3. The lowest BCUT2D eigenvalue weighted by Crippen LogP contribution is -2.43. The maximum atomic E-state index is 13.5. The van der Waals surface area contributed by atoms with E-state index in [0.29, 0.717) is 12.6 Å². The van der Waals surface area contributed by atoms with E-state index in [1.807, 2.05) is 12.1 Å². The topological polar surface area (TPSA) is 24.1 Å². The zero-order valence-electron chi connectivity index (χ0n) is 9.30. The lowest BCUT2D eigenvalue weighted by atomic mass is 9.95. The van der Waals surface area contributed by atoms with Gasteiger partial charge in [0.2, 0.25) is 0 Å². The van der Waals surface area contributed by atoms with E-state index < -0.39 is 0 Å². The molecule has 1 unspecified atom stereocenters. The molecule has 1 saturated carbocycles. The monoisotopic (exact) mass is 220 g/mol. The van der Waals surface area contributed by atoms with E-state index >= 15 is 0 Å². The maximum Gasteiger partial charge on any atom is 0.127 e. The highest BCUT2D eigenvalue weighted by molar-refractivity contribution is 5.31. The Labute approximate surface area is 95.2 Å². The highest BCUT2D eigenvalue weighted by atomic mass is 19.1. The molecule has 2 aliphatic rings. The average molecular weight is 220 g/mol. The SMILES string of the molecule is Fc1cccc2c1CNC(CNC1CC1)C2. The van der Waals surface area contributed by atoms with Gasteiger partial charge in [-0.2, -0.15) is 0 Å². The standard InChI is InChI=1S/C13H17FN2/c14-13-3-1-2-9-6-11(16-8-12(9)13)7-15-10-4-5-10/h1-3,10-11,15-16H,4-8H2. The number of hydrogen-bond donors (Lipinski definition) is 2. The van der Waals surface area contributed by atoms with Gasteiger partial charge >= 0.3 is 0 Å². The van der Waals surface area contributed by atoms with Crippen molar-refractivity contribution in [1.82, 2.24) is 10.6 Å². The van der Waals surface area contributed by atoms with Gasteiger partial charge in [0.1, 0.15) is 5.82 Å². The molecule has 0 saturated heterocycles. The van der Waals surface area contributed by atoms with Crippen LogP contribution in [-0.4, -0.2) is 18.6 Å². The summed E-state index contributed by atoms with van der Waals surface area (Å²) >= 11 is 0. The molecule has 1 aromatic rings. The Balaban J connectivity index is 1.65. The summed E-state index contributed by atoms with van der Waals surface area (Å²) in [6, 6.07) is 6.60. The Bertz CT molecular complexity index is 388. The van der Waals surface area contributed by atoms with Crippen LogP contribution in [0.25, 0.3) is 0 Å². The van der Waals surface area contributed by atoms with Gasteiger partial charge in [-0.05, 0) is 30.9 Å². The van der Waals surface area contributed by atoms with Crippen molar-refractivity contribution in [2.75, 3.05) is 6.54 Å². The Morgan fingerprint density at radius 1 is 1.38 bits per heavy atom. The van der Waals surface area contributed by atoms with Crippen molar-refractivity contribution in [3.05, 3.63) is 35.1 Å². The molecule has 0 aromatic heterocycles. The van der Waals surface area contributed by atoms with Gasteiger partial charge in [0.05, 0.1) is 0 Å². The fourth-order valence-corrected chi connectivity index (χ4v) is 2.32. The molecule has 2 N–H and O–H groups in total. The van der Waals surface area contributed by atoms with E-state index in [4.69, 9.17) is 0 Å². The smallest absolute Gasteiger partial charge is 0.127 e. The van der Waals surface area contributed by atoms with Crippen molar-refractivity contribution < 1.29 is 4.39 Å². The van der Waals surface area contributed by atoms with Crippen LogP contribution in [0.15, 0.2) is 18.2 Å². The number of hydrogen-bond acceptors (Lipinski definition) is 2. The third-order valence-electron chi connectivity index (χ3n) is 3.48. The van der Waals surface area contributed by atoms with Gasteiger partial charge in [0.25, 0.3) is 0 Å². The van der Waals surface area contributed by atoms with Crippen LogP contribution in [0.4, 0.5) is 4.39 Å². The normalized spacial score (nSPS) is 24.2. The quantitative estimate of drug-likeness (QED) is 0.808. The van der Waals surface area contributed by atoms with Crippen molar-refractivity contribution in [2.24, 2.45) is 0 Å². The third kappa shape index (κ3) is 2.11. The van der Waals surface area contributed by atoms with Crippen LogP contribution in [0.5, 0.6) is 0 Å². The Hall–Kier alpha value is -0.930. The maximum absolute atomic E-state index is 13.5. The van der Waals surface area contributed by atoms with Crippen molar-refractivity contribution >= 4 is 0 Å². The van der Waals surface area contributed by atoms with Gasteiger partial charge in [0, 0.05) is 30.7 Å². The molecule has 0 radical (unpaired) electrons. The lowest BCUT2D eigenvalue weighted by Gasteiger charge is -2.26. The zero-order chi connectivity index (χ0) is 11.0. The molecule has 3 heteroatoms. The summed E-state index contributed by atoms with van der Waals surface area (Å²) < 4.78 is 13.5. The van der Waals surface area contributed by atoms with Crippen LogP contribution in [0.3, 0.4) is 0 Å². The minimum Gasteiger partial charge on any atom is -0.312 e. The number of halogens is 1. The van der Waals surface area contributed by atoms with Crippen LogP contribution in [0.2, 0.25) is 0 Å². The van der Waals surface area contributed by atoms with Crippen LogP contribution < -0.4 is 10.6 Å². The highest BCUT2D eigenvalue weighted by Crippen LogP contribution is 2.21. The first-order valence-corrected chi connectivity index (χ1v) is 6.06. The number of fused-ring (bicyclic) bond motifs is 1. The van der Waals surface area contributed by atoms with Gasteiger partial charge in [0.15, 0.2) is 0 Å². The molecular formula is C13H17FN2. The summed E-state index contributed by atoms with van der Waals surface area (Å²) in [5.74, 6) is -0.0707. The second kappa shape index (κ2) is 4.15. The molecule has 1 aromatic carbocycles. The molecular weight excluding hydrogens is 203 g/mol. The zero-order valence-corrected chi connectivity index (χ0v) is 9.30. The molecule has 0 bridgehead atoms. The molecule has 1 atom stereocenters. The fourth-order valence-electron chi connectivity index (χ4n) is 2.32. The molecule has 86 valence electrons. The van der Waals surface area contributed by atoms with Gasteiger partial charge in [-0.15, -0.1) is 0 Å². The first-order chi connectivity index (χ1) is 7.83. The molecule has 1 aliphatic carbocycles. The Kier molecular flexibility index (Phi) is 2.65. The van der Waals surface area contributed by atoms with Crippen LogP contribution >= 0.6 is 0 Å². The highest BCUT2D eigenvalue weighted by Gasteiger charge is 2.24. The second-order valence-electron chi connectivity index (χ2n) is 4.84. The number of nitrogens with one attached hydrogen (secondary N) is 2. The predicted molar refractivity (Wildman–Crippen MR) is 61.8 cm³/mol. The average Bonchev–Trinajstić information content (AvgIpc) is 3.10. The minimum absolute atomic E-state index is 0.0707. The van der Waals surface area contributed by atoms with Crippen molar-refractivity contribution in [1.29, 1.82) is 0 Å². The van der Waals surface area contributed by atoms with Crippen molar-refractivity contribution in [2.45, 2.75) is 37.9 Å². The van der Waals surface area contributed by atoms with Gasteiger partial charge in [-0.3, -0.25) is 0 Å². The van der Waals surface area contributed by atoms with E-state index in [-0.39, 0.29) is 5.82 Å². The number of benzene rings is 1. The molecule has 0 amide bonds. The van der Waals surface area contributed by atoms with Crippen LogP contribution in [0.1, 0.15) is 24.0 Å². The van der Waals surface area contributed by atoms with E-state index in [2.05, 4.69) is 10.6 Å². The largest absolute Gasteiger partial charge is 0.312 e. The third-order valence-corrected chi connectivity index (χ3v) is 3.48. The summed E-state index contributed by atoms with van der Waals surface area (Å²) in [7, 11) is 0.